The number of carbonyl (C=O) groups is 1. The van der Waals surface area contributed by atoms with Gasteiger partial charge in [-0.1, -0.05) is 23.1 Å². The monoisotopic (exact) mass is 541 g/mol. The molecule has 1 aromatic carbocycles. The molecule has 1 N–H and O–H groups in total. The predicted octanol–water partition coefficient (Wildman–Crippen LogP) is 3.75. The van der Waals surface area contributed by atoms with Crippen molar-refractivity contribution in [2.75, 3.05) is 51.3 Å². The molecule has 2 aliphatic heterocycles. The minimum absolute atomic E-state index is 0.0990. The van der Waals surface area contributed by atoms with Crippen LogP contribution in [0.25, 0.3) is 16.0 Å². The Bertz CT molecular complexity index is 1430. The number of amides is 1. The van der Waals surface area contributed by atoms with Crippen LogP contribution in [-0.2, 0) is 9.53 Å². The van der Waals surface area contributed by atoms with Crippen molar-refractivity contribution >= 4 is 50.1 Å². The van der Waals surface area contributed by atoms with E-state index in [1.165, 1.54) is 29.2 Å². The van der Waals surface area contributed by atoms with Crippen LogP contribution in [0.3, 0.4) is 0 Å². The molecule has 3 aromatic heterocycles. The van der Waals surface area contributed by atoms with Gasteiger partial charge >= 0.3 is 0 Å². The zero-order valence-corrected chi connectivity index (χ0v) is 22.2. The number of rotatable bonds is 6. The zero-order chi connectivity index (χ0) is 25.4. The second-order valence-electron chi connectivity index (χ2n) is 9.68. The molecule has 6 rings (SSSR count). The number of ether oxygens (including phenoxy) is 1. The summed E-state index contributed by atoms with van der Waals surface area (Å²) in [5, 5.41) is 4.16. The van der Waals surface area contributed by atoms with Crippen LogP contribution in [0.2, 0.25) is 0 Å². The maximum atomic E-state index is 14.9. The highest BCUT2D eigenvalue weighted by atomic mass is 32.2. The number of benzene rings is 1. The number of anilines is 1. The van der Waals surface area contributed by atoms with Crippen molar-refractivity contribution in [3.05, 3.63) is 42.6 Å². The van der Waals surface area contributed by atoms with Crippen molar-refractivity contribution in [3.63, 3.8) is 0 Å². The molecule has 0 radical (unpaired) electrons. The molecular formula is C25H28FN7O2S2. The number of fused-ring (bicyclic) bond motifs is 2. The standard InChI is InChI=1S/C25H28FN7O2S2/c1-25(3-11-35-12-4-25)32-9-7-31(8-10-32)16-21(34)30-24-29-18-13-17(26)19(14-20(18)37-24)36-22-15-28-23-27-5-2-6-33(22)23/h2,5-6,13-15H,3-4,7-12,16H2,1H3,(H,29,30,34). The summed E-state index contributed by atoms with van der Waals surface area (Å²) in [7, 11) is 0. The Morgan fingerprint density at radius 1 is 1.22 bits per heavy atom. The molecule has 0 unspecified atom stereocenters. The number of halogens is 1. The van der Waals surface area contributed by atoms with Crippen LogP contribution >= 0.6 is 23.1 Å². The zero-order valence-electron chi connectivity index (χ0n) is 20.5. The summed E-state index contributed by atoms with van der Waals surface area (Å²) >= 11 is 2.63. The van der Waals surface area contributed by atoms with Gasteiger partial charge in [-0.25, -0.2) is 19.3 Å². The van der Waals surface area contributed by atoms with Gasteiger partial charge in [0.15, 0.2) is 5.13 Å². The van der Waals surface area contributed by atoms with Crippen molar-refractivity contribution in [2.45, 2.75) is 35.2 Å². The highest BCUT2D eigenvalue weighted by Crippen LogP contribution is 2.36. The predicted molar refractivity (Wildman–Crippen MR) is 142 cm³/mol. The second kappa shape index (κ2) is 10.3. The lowest BCUT2D eigenvalue weighted by molar-refractivity contribution is -0.118. The second-order valence-corrected chi connectivity index (χ2v) is 11.8. The lowest BCUT2D eigenvalue weighted by Gasteiger charge is -2.47. The molecule has 5 heterocycles. The third-order valence-electron chi connectivity index (χ3n) is 7.23. The molecule has 37 heavy (non-hydrogen) atoms. The minimum atomic E-state index is -0.365. The number of piperazine rings is 1. The first kappa shape index (κ1) is 24.7. The first-order chi connectivity index (χ1) is 18.0. The Kier molecular flexibility index (Phi) is 6.84. The fourth-order valence-electron chi connectivity index (χ4n) is 4.99. The summed E-state index contributed by atoms with van der Waals surface area (Å²) in [6.45, 7) is 7.91. The summed E-state index contributed by atoms with van der Waals surface area (Å²) < 4.78 is 23.0. The molecule has 0 saturated carbocycles. The van der Waals surface area contributed by atoms with Crippen molar-refractivity contribution < 1.29 is 13.9 Å². The Labute approximate surface area is 222 Å². The number of hydrogen-bond donors (Lipinski definition) is 1. The number of nitrogens with zero attached hydrogens (tertiary/aromatic N) is 6. The van der Waals surface area contributed by atoms with E-state index in [2.05, 4.69) is 37.0 Å². The number of hydrogen-bond acceptors (Lipinski definition) is 9. The van der Waals surface area contributed by atoms with Crippen LogP contribution in [-0.4, -0.2) is 86.5 Å². The van der Waals surface area contributed by atoms with Crippen molar-refractivity contribution in [3.8, 4) is 0 Å². The molecule has 2 aliphatic rings. The highest BCUT2D eigenvalue weighted by molar-refractivity contribution is 7.99. The summed E-state index contributed by atoms with van der Waals surface area (Å²) in [5.74, 6) is 0.0992. The van der Waals surface area contributed by atoms with Crippen molar-refractivity contribution in [1.82, 2.24) is 29.2 Å². The quantitative estimate of drug-likeness (QED) is 0.395. The smallest absolute Gasteiger partial charge is 0.240 e. The number of nitrogens with one attached hydrogen (secondary N) is 1. The average Bonchev–Trinajstić information content (AvgIpc) is 3.48. The summed E-state index contributed by atoms with van der Waals surface area (Å²) in [6, 6.07) is 5.00. The van der Waals surface area contributed by atoms with E-state index in [1.54, 1.807) is 18.5 Å². The van der Waals surface area contributed by atoms with Gasteiger partial charge in [0.1, 0.15) is 10.8 Å². The van der Waals surface area contributed by atoms with Gasteiger partial charge in [0.2, 0.25) is 11.7 Å². The topological polar surface area (TPSA) is 87.9 Å². The third-order valence-corrected chi connectivity index (χ3v) is 9.21. The third kappa shape index (κ3) is 5.21. The first-order valence-corrected chi connectivity index (χ1v) is 14.0. The number of carbonyl (C=O) groups excluding carboxylic acids is 1. The molecule has 0 bridgehead atoms. The number of thiazole rings is 1. The van der Waals surface area contributed by atoms with Crippen LogP contribution in [0.1, 0.15) is 19.8 Å². The Hall–Kier alpha value is -2.64. The first-order valence-electron chi connectivity index (χ1n) is 12.4. The van der Waals surface area contributed by atoms with E-state index in [4.69, 9.17) is 4.74 Å². The van der Waals surface area contributed by atoms with Gasteiger partial charge < -0.3 is 10.1 Å². The SMILES string of the molecule is CC1(N2CCN(CC(=O)Nc3nc4cc(F)c(Sc5cnc6ncccn56)cc4s3)CC2)CCOCC1. The Morgan fingerprint density at radius 2 is 2.03 bits per heavy atom. The minimum Gasteiger partial charge on any atom is -0.381 e. The lowest BCUT2D eigenvalue weighted by atomic mass is 9.89. The summed E-state index contributed by atoms with van der Waals surface area (Å²) in [4.78, 5) is 30.9. The molecule has 0 atom stereocenters. The van der Waals surface area contributed by atoms with Gasteiger partial charge in [-0.05, 0) is 31.9 Å². The Morgan fingerprint density at radius 3 is 2.84 bits per heavy atom. The van der Waals surface area contributed by atoms with Gasteiger partial charge in [-0.15, -0.1) is 0 Å². The van der Waals surface area contributed by atoms with Gasteiger partial charge in [-0.2, -0.15) is 0 Å². The van der Waals surface area contributed by atoms with Crippen LogP contribution < -0.4 is 5.32 Å². The molecule has 9 nitrogen and oxygen atoms in total. The van der Waals surface area contributed by atoms with E-state index in [-0.39, 0.29) is 17.3 Å². The van der Waals surface area contributed by atoms with E-state index in [0.717, 1.165) is 62.0 Å². The summed E-state index contributed by atoms with van der Waals surface area (Å²) in [5.41, 5.74) is 0.725. The van der Waals surface area contributed by atoms with E-state index < -0.39 is 0 Å². The van der Waals surface area contributed by atoms with Crippen LogP contribution in [0.5, 0.6) is 0 Å². The molecule has 0 spiro atoms. The van der Waals surface area contributed by atoms with E-state index >= 15 is 0 Å². The van der Waals surface area contributed by atoms with Gasteiger partial charge in [0.25, 0.3) is 0 Å². The lowest BCUT2D eigenvalue weighted by Crippen LogP contribution is -2.58. The highest BCUT2D eigenvalue weighted by Gasteiger charge is 2.35. The van der Waals surface area contributed by atoms with Crippen LogP contribution in [0.4, 0.5) is 9.52 Å². The number of aromatic nitrogens is 4. The molecule has 2 saturated heterocycles. The van der Waals surface area contributed by atoms with Crippen LogP contribution in [0.15, 0.2) is 46.7 Å². The molecule has 4 aromatic rings. The van der Waals surface area contributed by atoms with Gasteiger partial charge in [-0.3, -0.25) is 19.0 Å². The molecule has 0 aliphatic carbocycles. The molecule has 12 heteroatoms. The fraction of sp³-hybridized carbons (Fsp3) is 0.440. The van der Waals surface area contributed by atoms with E-state index in [1.807, 2.05) is 16.7 Å². The molecular weight excluding hydrogens is 513 g/mol. The van der Waals surface area contributed by atoms with E-state index in [0.29, 0.717) is 27.9 Å². The van der Waals surface area contributed by atoms with Crippen LogP contribution in [0, 0.1) is 5.82 Å². The normalized spacial score (nSPS) is 19.0. The Balaban J connectivity index is 1.08. The summed E-state index contributed by atoms with van der Waals surface area (Å²) in [6.07, 6.45) is 7.31. The van der Waals surface area contributed by atoms with Crippen molar-refractivity contribution in [2.24, 2.45) is 0 Å². The molecule has 2 fully saturated rings. The number of imidazole rings is 1. The molecule has 1 amide bonds. The largest absolute Gasteiger partial charge is 0.381 e. The fourth-order valence-corrected chi connectivity index (χ4v) is 6.87. The van der Waals surface area contributed by atoms with Gasteiger partial charge in [0, 0.05) is 63.4 Å². The maximum Gasteiger partial charge on any atom is 0.240 e. The molecule has 194 valence electrons. The van der Waals surface area contributed by atoms with Gasteiger partial charge in [0.05, 0.1) is 27.9 Å². The van der Waals surface area contributed by atoms with Crippen molar-refractivity contribution in [1.29, 1.82) is 0 Å². The maximum absolute atomic E-state index is 14.9. The van der Waals surface area contributed by atoms with E-state index in [9.17, 15) is 9.18 Å². The average molecular weight is 542 g/mol.